The molecule has 2 unspecified atom stereocenters. The highest BCUT2D eigenvalue weighted by Gasteiger charge is 2.26. The Morgan fingerprint density at radius 1 is 1.26 bits per heavy atom. The van der Waals surface area contributed by atoms with E-state index in [-0.39, 0.29) is 18.2 Å². The highest BCUT2D eigenvalue weighted by Crippen LogP contribution is 2.27. The van der Waals surface area contributed by atoms with Gasteiger partial charge in [-0.25, -0.2) is 0 Å². The first-order valence-electron chi connectivity index (χ1n) is 7.40. The van der Waals surface area contributed by atoms with Crippen LogP contribution in [0.4, 0.5) is 5.69 Å². The summed E-state index contributed by atoms with van der Waals surface area (Å²) in [6.07, 6.45) is 5.12. The summed E-state index contributed by atoms with van der Waals surface area (Å²) < 4.78 is 0. The third-order valence-electron chi connectivity index (χ3n) is 4.36. The molecule has 1 aliphatic carbocycles. The van der Waals surface area contributed by atoms with Gasteiger partial charge in [0, 0.05) is 18.8 Å². The molecule has 1 fully saturated rings. The van der Waals surface area contributed by atoms with Gasteiger partial charge in [-0.05, 0) is 37.0 Å². The van der Waals surface area contributed by atoms with Gasteiger partial charge >= 0.3 is 0 Å². The summed E-state index contributed by atoms with van der Waals surface area (Å²) in [4.78, 5) is 2.21. The molecule has 1 saturated carbocycles. The molecule has 2 rings (SSSR count). The van der Waals surface area contributed by atoms with Crippen molar-refractivity contribution in [2.75, 3.05) is 11.9 Å². The number of benzene rings is 1. The maximum absolute atomic E-state index is 10.1. The van der Waals surface area contributed by atoms with Crippen LogP contribution in [0.25, 0.3) is 0 Å². The van der Waals surface area contributed by atoms with Crippen LogP contribution in [0.15, 0.2) is 24.3 Å². The fourth-order valence-electron chi connectivity index (χ4n) is 2.93. The third-order valence-corrected chi connectivity index (χ3v) is 4.36. The van der Waals surface area contributed by atoms with Crippen molar-refractivity contribution in [1.29, 1.82) is 0 Å². The van der Waals surface area contributed by atoms with E-state index in [1.807, 2.05) is 0 Å². The second-order valence-electron chi connectivity index (χ2n) is 5.64. The minimum atomic E-state index is -0.198. The van der Waals surface area contributed by atoms with Crippen molar-refractivity contribution in [3.63, 3.8) is 0 Å². The summed E-state index contributed by atoms with van der Waals surface area (Å²) in [6, 6.07) is 8.82. The van der Waals surface area contributed by atoms with E-state index in [0.29, 0.717) is 0 Å². The van der Waals surface area contributed by atoms with Crippen LogP contribution in [0.5, 0.6) is 0 Å². The number of nitrogens with zero attached hydrogens (tertiary/aromatic N) is 1. The van der Waals surface area contributed by atoms with E-state index in [2.05, 4.69) is 43.1 Å². The van der Waals surface area contributed by atoms with Crippen LogP contribution in [0, 0.1) is 0 Å². The van der Waals surface area contributed by atoms with Crippen LogP contribution < -0.4 is 10.6 Å². The molecule has 1 aliphatic rings. The molecule has 0 heterocycles. The highest BCUT2D eigenvalue weighted by atomic mass is 16.3. The highest BCUT2D eigenvalue weighted by molar-refractivity contribution is 5.48. The maximum atomic E-state index is 10.1. The van der Waals surface area contributed by atoms with Gasteiger partial charge in [-0.15, -0.1) is 0 Å². The summed E-state index contributed by atoms with van der Waals surface area (Å²) >= 11 is 0. The zero-order valence-electron chi connectivity index (χ0n) is 12.0. The van der Waals surface area contributed by atoms with Gasteiger partial charge in [-0.2, -0.15) is 0 Å². The van der Waals surface area contributed by atoms with Crippen molar-refractivity contribution in [3.05, 3.63) is 29.8 Å². The van der Waals surface area contributed by atoms with Crippen molar-refractivity contribution in [1.82, 2.24) is 0 Å². The first-order valence-corrected chi connectivity index (χ1v) is 7.40. The quantitative estimate of drug-likeness (QED) is 0.877. The molecule has 0 aromatic heterocycles. The molecule has 0 saturated heterocycles. The molecule has 0 aliphatic heterocycles. The molecule has 19 heavy (non-hydrogen) atoms. The number of hydrogen-bond acceptors (Lipinski definition) is 3. The van der Waals surface area contributed by atoms with Crippen molar-refractivity contribution in [3.8, 4) is 0 Å². The van der Waals surface area contributed by atoms with Gasteiger partial charge in [-0.3, -0.25) is 0 Å². The van der Waals surface area contributed by atoms with Crippen LogP contribution in [-0.2, 0) is 0 Å². The van der Waals surface area contributed by atoms with E-state index in [9.17, 15) is 5.11 Å². The molecule has 3 heteroatoms. The molecular formula is C16H26N2O. The Labute approximate surface area is 116 Å². The lowest BCUT2D eigenvalue weighted by molar-refractivity contribution is 0.106. The predicted molar refractivity (Wildman–Crippen MR) is 80.3 cm³/mol. The maximum Gasteiger partial charge on any atom is 0.0743 e. The van der Waals surface area contributed by atoms with E-state index in [1.165, 1.54) is 12.0 Å². The molecule has 0 spiro atoms. The second kappa shape index (κ2) is 6.40. The molecule has 0 radical (unpaired) electrons. The number of aliphatic hydroxyl groups excluding tert-OH is 1. The Morgan fingerprint density at radius 3 is 2.47 bits per heavy atom. The summed E-state index contributed by atoms with van der Waals surface area (Å²) in [5.74, 6) is 0. The zero-order valence-corrected chi connectivity index (χ0v) is 12.0. The van der Waals surface area contributed by atoms with Crippen molar-refractivity contribution < 1.29 is 5.11 Å². The molecule has 3 N–H and O–H groups in total. The van der Waals surface area contributed by atoms with Crippen LogP contribution >= 0.6 is 0 Å². The average molecular weight is 262 g/mol. The fraction of sp³-hybridized carbons (Fsp3) is 0.625. The summed E-state index contributed by atoms with van der Waals surface area (Å²) in [6.45, 7) is 2.10. The van der Waals surface area contributed by atoms with Gasteiger partial charge in [-0.1, -0.05) is 31.9 Å². The molecule has 0 amide bonds. The predicted octanol–water partition coefficient (Wildman–Crippen LogP) is 2.84. The van der Waals surface area contributed by atoms with Gasteiger partial charge in [0.1, 0.15) is 0 Å². The second-order valence-corrected chi connectivity index (χ2v) is 5.64. The average Bonchev–Trinajstić information content (AvgIpc) is 2.46. The van der Waals surface area contributed by atoms with Gasteiger partial charge in [0.15, 0.2) is 0 Å². The standard InChI is InChI=1S/C16H26N2O/c1-3-14(17)12-8-10-13(11-9-12)18(2)15-6-4-5-7-16(15)19/h8-11,14-16,19H,3-7,17H2,1-2H3/t14-,15?,16?/m0/s1. The van der Waals surface area contributed by atoms with E-state index in [0.717, 1.165) is 31.4 Å². The van der Waals surface area contributed by atoms with E-state index in [1.54, 1.807) is 0 Å². The molecule has 0 bridgehead atoms. The Balaban J connectivity index is 2.08. The summed E-state index contributed by atoms with van der Waals surface area (Å²) in [5.41, 5.74) is 8.38. The fourth-order valence-corrected chi connectivity index (χ4v) is 2.93. The number of rotatable bonds is 4. The van der Waals surface area contributed by atoms with Crippen LogP contribution in [0.3, 0.4) is 0 Å². The Bertz CT molecular complexity index is 390. The lowest BCUT2D eigenvalue weighted by atomic mass is 9.91. The van der Waals surface area contributed by atoms with Gasteiger partial charge in [0.05, 0.1) is 12.1 Å². The lowest BCUT2D eigenvalue weighted by Crippen LogP contribution is -2.43. The topological polar surface area (TPSA) is 49.5 Å². The minimum Gasteiger partial charge on any atom is -0.391 e. The lowest BCUT2D eigenvalue weighted by Gasteiger charge is -2.36. The van der Waals surface area contributed by atoms with Crippen LogP contribution in [-0.4, -0.2) is 24.3 Å². The Hall–Kier alpha value is -1.06. The third kappa shape index (κ3) is 3.28. The first kappa shape index (κ1) is 14.4. The van der Waals surface area contributed by atoms with E-state index >= 15 is 0 Å². The van der Waals surface area contributed by atoms with Crippen molar-refractivity contribution in [2.45, 2.75) is 57.2 Å². The Kier molecular flexibility index (Phi) is 4.83. The number of likely N-dealkylation sites (N-methyl/N-ethyl adjacent to an activating group) is 1. The number of nitrogens with two attached hydrogens (primary N) is 1. The van der Waals surface area contributed by atoms with E-state index < -0.39 is 0 Å². The zero-order chi connectivity index (χ0) is 13.8. The van der Waals surface area contributed by atoms with Crippen molar-refractivity contribution >= 4 is 5.69 Å². The minimum absolute atomic E-state index is 0.125. The van der Waals surface area contributed by atoms with Crippen LogP contribution in [0.1, 0.15) is 50.6 Å². The normalized spacial score (nSPS) is 25.1. The summed E-state index contributed by atoms with van der Waals surface area (Å²) in [5, 5.41) is 10.1. The molecule has 3 nitrogen and oxygen atoms in total. The van der Waals surface area contributed by atoms with Gasteiger partial charge in [0.2, 0.25) is 0 Å². The van der Waals surface area contributed by atoms with Crippen molar-refractivity contribution in [2.24, 2.45) is 5.73 Å². The number of anilines is 1. The van der Waals surface area contributed by atoms with E-state index in [4.69, 9.17) is 5.73 Å². The monoisotopic (exact) mass is 262 g/mol. The number of hydrogen-bond donors (Lipinski definition) is 2. The summed E-state index contributed by atoms with van der Waals surface area (Å²) in [7, 11) is 2.08. The molecule has 1 aromatic carbocycles. The molecule has 3 atom stereocenters. The largest absolute Gasteiger partial charge is 0.391 e. The number of aliphatic hydroxyl groups is 1. The molecule has 106 valence electrons. The van der Waals surface area contributed by atoms with Gasteiger partial charge in [0.25, 0.3) is 0 Å². The SMILES string of the molecule is CC[C@H](N)c1ccc(N(C)C2CCCCC2O)cc1. The van der Waals surface area contributed by atoms with Crippen LogP contribution in [0.2, 0.25) is 0 Å². The smallest absolute Gasteiger partial charge is 0.0743 e. The van der Waals surface area contributed by atoms with Gasteiger partial charge < -0.3 is 15.7 Å². The Morgan fingerprint density at radius 2 is 1.89 bits per heavy atom. The molecule has 1 aromatic rings. The first-order chi connectivity index (χ1) is 9.13. The molecular weight excluding hydrogens is 236 g/mol.